The van der Waals surface area contributed by atoms with Crippen LogP contribution in [0.3, 0.4) is 0 Å². The normalized spacial score (nSPS) is 10.9. The van der Waals surface area contributed by atoms with E-state index >= 15 is 0 Å². The average molecular weight is 401 g/mol. The molecule has 3 aromatic carbocycles. The highest BCUT2D eigenvalue weighted by molar-refractivity contribution is 6.07. The Morgan fingerprint density at radius 3 is 2.20 bits per heavy atom. The first kappa shape index (κ1) is 20.8. The van der Waals surface area contributed by atoms with Crippen LogP contribution in [0.1, 0.15) is 13.3 Å². The molecule has 0 aliphatic rings. The third-order valence-corrected chi connectivity index (χ3v) is 4.19. The van der Waals surface area contributed by atoms with Crippen LogP contribution in [0.2, 0.25) is 0 Å². The largest absolute Gasteiger partial charge is 0.484 e. The van der Waals surface area contributed by atoms with E-state index in [-0.39, 0.29) is 18.9 Å². The predicted molar refractivity (Wildman–Crippen MR) is 118 cm³/mol. The topological polar surface area (TPSA) is 79.8 Å². The molecule has 0 heterocycles. The molecule has 6 heteroatoms. The van der Waals surface area contributed by atoms with E-state index in [1.807, 2.05) is 72.8 Å². The minimum absolute atomic E-state index is 0.0585. The van der Waals surface area contributed by atoms with Crippen LogP contribution in [0.15, 0.2) is 90.0 Å². The smallest absolute Gasteiger partial charge is 0.277 e. The standard InChI is InChI=1S/C24H23N3O3/c1-18(26-27-24(29)17-30-20-12-6-3-7-13-20)16-23(28)25-22-15-9-8-14-21(22)19-10-4-2-5-11-19/h2-15H,16-17H2,1H3,(H,25,28)(H,27,29)/b26-18-. The van der Waals surface area contributed by atoms with Gasteiger partial charge in [-0.2, -0.15) is 5.10 Å². The van der Waals surface area contributed by atoms with Crippen LogP contribution in [0.5, 0.6) is 5.75 Å². The van der Waals surface area contributed by atoms with Gasteiger partial charge in [-0.15, -0.1) is 0 Å². The van der Waals surface area contributed by atoms with Crippen molar-refractivity contribution in [2.45, 2.75) is 13.3 Å². The second-order valence-electron chi connectivity index (χ2n) is 6.62. The number of benzene rings is 3. The lowest BCUT2D eigenvalue weighted by Crippen LogP contribution is -2.26. The summed E-state index contributed by atoms with van der Waals surface area (Å²) in [5.74, 6) is -0.00717. The highest BCUT2D eigenvalue weighted by Crippen LogP contribution is 2.27. The maximum Gasteiger partial charge on any atom is 0.277 e. The predicted octanol–water partition coefficient (Wildman–Crippen LogP) is 4.25. The molecule has 0 saturated carbocycles. The Hall–Kier alpha value is -3.93. The van der Waals surface area contributed by atoms with E-state index < -0.39 is 5.91 Å². The molecule has 3 rings (SSSR count). The third-order valence-electron chi connectivity index (χ3n) is 4.19. The fraction of sp³-hybridized carbons (Fsp3) is 0.125. The maximum atomic E-state index is 12.4. The first-order valence-electron chi connectivity index (χ1n) is 9.56. The van der Waals surface area contributed by atoms with Crippen LogP contribution < -0.4 is 15.5 Å². The summed E-state index contributed by atoms with van der Waals surface area (Å²) in [6, 6.07) is 26.5. The monoisotopic (exact) mass is 401 g/mol. The molecule has 6 nitrogen and oxygen atoms in total. The summed E-state index contributed by atoms with van der Waals surface area (Å²) < 4.78 is 5.35. The van der Waals surface area contributed by atoms with Gasteiger partial charge in [-0.3, -0.25) is 9.59 Å². The molecule has 0 aromatic heterocycles. The zero-order valence-electron chi connectivity index (χ0n) is 16.7. The fourth-order valence-corrected chi connectivity index (χ4v) is 2.78. The van der Waals surface area contributed by atoms with E-state index in [0.717, 1.165) is 16.8 Å². The van der Waals surface area contributed by atoms with Gasteiger partial charge in [0.25, 0.3) is 5.91 Å². The molecule has 0 radical (unpaired) electrons. The van der Waals surface area contributed by atoms with Gasteiger partial charge < -0.3 is 10.1 Å². The first-order valence-corrected chi connectivity index (χ1v) is 9.56. The number of hydrazone groups is 1. The zero-order chi connectivity index (χ0) is 21.2. The van der Waals surface area contributed by atoms with Crippen molar-refractivity contribution < 1.29 is 14.3 Å². The summed E-state index contributed by atoms with van der Waals surface area (Å²) in [7, 11) is 0. The third kappa shape index (κ3) is 6.31. The molecule has 0 spiro atoms. The van der Waals surface area contributed by atoms with E-state index in [2.05, 4.69) is 15.8 Å². The van der Waals surface area contributed by atoms with Gasteiger partial charge in [-0.05, 0) is 30.7 Å². The maximum absolute atomic E-state index is 12.4. The molecule has 3 aromatic rings. The van der Waals surface area contributed by atoms with Gasteiger partial charge in [0.15, 0.2) is 6.61 Å². The van der Waals surface area contributed by atoms with E-state index in [0.29, 0.717) is 11.5 Å². The van der Waals surface area contributed by atoms with E-state index in [1.165, 1.54) is 0 Å². The summed E-state index contributed by atoms with van der Waals surface area (Å²) in [5, 5.41) is 6.89. The average Bonchev–Trinajstić information content (AvgIpc) is 2.78. The van der Waals surface area contributed by atoms with Gasteiger partial charge in [-0.1, -0.05) is 66.7 Å². The Balaban J connectivity index is 1.52. The van der Waals surface area contributed by atoms with Gasteiger partial charge >= 0.3 is 0 Å². The first-order chi connectivity index (χ1) is 14.6. The fourth-order valence-electron chi connectivity index (χ4n) is 2.78. The summed E-state index contributed by atoms with van der Waals surface area (Å²) in [6.07, 6.45) is 0.0585. The number of nitrogens with zero attached hydrogens (tertiary/aromatic N) is 1. The molecule has 0 unspecified atom stereocenters. The lowest BCUT2D eigenvalue weighted by Gasteiger charge is -2.11. The molecule has 0 aliphatic heterocycles. The number of carbonyl (C=O) groups excluding carboxylic acids is 2. The molecule has 0 saturated heterocycles. The number of para-hydroxylation sites is 2. The van der Waals surface area contributed by atoms with Crippen molar-refractivity contribution in [1.29, 1.82) is 0 Å². The summed E-state index contributed by atoms with van der Waals surface area (Å²) >= 11 is 0. The van der Waals surface area contributed by atoms with E-state index in [1.54, 1.807) is 19.1 Å². The quantitative estimate of drug-likeness (QED) is 0.437. The molecular formula is C24H23N3O3. The lowest BCUT2D eigenvalue weighted by atomic mass is 10.0. The van der Waals surface area contributed by atoms with E-state index in [4.69, 9.17) is 4.74 Å². The molecule has 152 valence electrons. The van der Waals surface area contributed by atoms with Crippen molar-refractivity contribution in [3.05, 3.63) is 84.9 Å². The minimum atomic E-state index is -0.395. The second-order valence-corrected chi connectivity index (χ2v) is 6.62. The number of carbonyl (C=O) groups is 2. The minimum Gasteiger partial charge on any atom is -0.484 e. The Kier molecular flexibility index (Phi) is 7.33. The van der Waals surface area contributed by atoms with Crippen molar-refractivity contribution in [2.75, 3.05) is 11.9 Å². The molecule has 0 fully saturated rings. The number of ether oxygens (including phenoxy) is 1. The molecule has 2 N–H and O–H groups in total. The van der Waals surface area contributed by atoms with Crippen LogP contribution in [-0.2, 0) is 9.59 Å². The number of amides is 2. The molecule has 2 amide bonds. The van der Waals surface area contributed by atoms with Gasteiger partial charge in [0.2, 0.25) is 5.91 Å². The van der Waals surface area contributed by atoms with Crippen molar-refractivity contribution in [2.24, 2.45) is 5.10 Å². The summed E-state index contributed by atoms with van der Waals surface area (Å²) in [4.78, 5) is 24.3. The van der Waals surface area contributed by atoms with Crippen molar-refractivity contribution in [3.8, 4) is 16.9 Å². The highest BCUT2D eigenvalue weighted by Gasteiger charge is 2.10. The number of hydrogen-bond acceptors (Lipinski definition) is 4. The molecule has 0 atom stereocenters. The number of hydrogen-bond donors (Lipinski definition) is 2. The zero-order valence-corrected chi connectivity index (χ0v) is 16.7. The molecular weight excluding hydrogens is 378 g/mol. The molecule has 30 heavy (non-hydrogen) atoms. The Morgan fingerprint density at radius 2 is 1.47 bits per heavy atom. The van der Waals surface area contributed by atoms with Crippen LogP contribution in [-0.4, -0.2) is 24.1 Å². The molecule has 0 bridgehead atoms. The number of nitrogens with one attached hydrogen (secondary N) is 2. The van der Waals surface area contributed by atoms with Gasteiger partial charge in [0.05, 0.1) is 6.42 Å². The van der Waals surface area contributed by atoms with Crippen LogP contribution in [0, 0.1) is 0 Å². The van der Waals surface area contributed by atoms with Gasteiger partial charge in [0, 0.05) is 17.0 Å². The summed E-state index contributed by atoms with van der Waals surface area (Å²) in [5.41, 5.74) is 5.57. The Morgan fingerprint density at radius 1 is 0.833 bits per heavy atom. The second kappa shape index (κ2) is 10.6. The van der Waals surface area contributed by atoms with E-state index in [9.17, 15) is 9.59 Å². The van der Waals surface area contributed by atoms with Crippen LogP contribution in [0.4, 0.5) is 5.69 Å². The van der Waals surface area contributed by atoms with Crippen LogP contribution in [0.25, 0.3) is 11.1 Å². The Bertz CT molecular complexity index is 1020. The Labute approximate surface area is 175 Å². The SMILES string of the molecule is C/C(CC(=O)Nc1ccccc1-c1ccccc1)=N/NC(=O)COc1ccccc1. The number of rotatable bonds is 8. The molecule has 0 aliphatic carbocycles. The van der Waals surface area contributed by atoms with Gasteiger partial charge in [-0.25, -0.2) is 5.43 Å². The van der Waals surface area contributed by atoms with Crippen molar-refractivity contribution >= 4 is 23.2 Å². The number of anilines is 1. The highest BCUT2D eigenvalue weighted by atomic mass is 16.5. The van der Waals surface area contributed by atoms with Crippen molar-refractivity contribution in [1.82, 2.24) is 5.43 Å². The van der Waals surface area contributed by atoms with Crippen LogP contribution >= 0.6 is 0 Å². The van der Waals surface area contributed by atoms with Gasteiger partial charge in [0.1, 0.15) is 5.75 Å². The summed E-state index contributed by atoms with van der Waals surface area (Å²) in [6.45, 7) is 1.53. The lowest BCUT2D eigenvalue weighted by molar-refractivity contribution is -0.123. The van der Waals surface area contributed by atoms with Crippen molar-refractivity contribution in [3.63, 3.8) is 0 Å².